The molecular formula is C16H30N4O. The maximum absolute atomic E-state index is 12.3. The molecule has 0 spiro atoms. The number of nitrogens with zero attached hydrogens (tertiary/aromatic N) is 2. The van der Waals surface area contributed by atoms with Crippen LogP contribution >= 0.6 is 0 Å². The Morgan fingerprint density at radius 1 is 1.19 bits per heavy atom. The molecule has 0 aromatic heterocycles. The quantitative estimate of drug-likeness (QED) is 0.744. The number of carbonyl (C=O) groups is 1. The van der Waals surface area contributed by atoms with Gasteiger partial charge in [-0.05, 0) is 52.5 Å². The van der Waals surface area contributed by atoms with Gasteiger partial charge in [-0.25, -0.2) is 0 Å². The lowest BCUT2D eigenvalue weighted by molar-refractivity contribution is -0.127. The Bertz CT molecular complexity index is 395. The molecule has 0 bridgehead atoms. The molecule has 2 aliphatic carbocycles. The van der Waals surface area contributed by atoms with Crippen LogP contribution in [0.2, 0.25) is 0 Å². The zero-order valence-electron chi connectivity index (χ0n) is 13.6. The minimum absolute atomic E-state index is 0.142. The molecule has 1 amide bonds. The molecule has 0 radical (unpaired) electrons. The number of primary amides is 1. The van der Waals surface area contributed by atoms with Gasteiger partial charge in [-0.15, -0.1) is 0 Å². The van der Waals surface area contributed by atoms with Crippen molar-refractivity contribution >= 4 is 5.91 Å². The van der Waals surface area contributed by atoms with E-state index in [4.69, 9.17) is 5.73 Å². The number of hydrogen-bond acceptors (Lipinski definition) is 4. The summed E-state index contributed by atoms with van der Waals surface area (Å²) in [6.45, 7) is 7.36. The van der Waals surface area contributed by atoms with Gasteiger partial charge < -0.3 is 5.73 Å². The molecule has 3 fully saturated rings. The SMILES string of the molecule is CC1CN(CC(NC2CC2)(C(N)=O)C2CC2)CC(C)N1C. The van der Waals surface area contributed by atoms with Crippen molar-refractivity contribution in [1.82, 2.24) is 15.1 Å². The van der Waals surface area contributed by atoms with Crippen molar-refractivity contribution in [2.45, 2.75) is 63.2 Å². The third-order valence-corrected chi connectivity index (χ3v) is 5.66. The highest BCUT2D eigenvalue weighted by atomic mass is 16.1. The Hall–Kier alpha value is -0.650. The molecule has 3 N–H and O–H groups in total. The van der Waals surface area contributed by atoms with Gasteiger partial charge >= 0.3 is 0 Å². The van der Waals surface area contributed by atoms with E-state index < -0.39 is 5.54 Å². The van der Waals surface area contributed by atoms with Crippen LogP contribution in [0.4, 0.5) is 0 Å². The van der Waals surface area contributed by atoms with Crippen molar-refractivity contribution in [1.29, 1.82) is 0 Å². The average molecular weight is 294 g/mol. The van der Waals surface area contributed by atoms with Gasteiger partial charge in [-0.1, -0.05) is 0 Å². The Balaban J connectivity index is 1.73. The van der Waals surface area contributed by atoms with Crippen molar-refractivity contribution in [2.24, 2.45) is 11.7 Å². The minimum atomic E-state index is -0.490. The number of likely N-dealkylation sites (N-methyl/N-ethyl adjacent to an activating group) is 1. The van der Waals surface area contributed by atoms with Gasteiger partial charge in [0, 0.05) is 37.8 Å². The topological polar surface area (TPSA) is 61.6 Å². The molecule has 5 nitrogen and oxygen atoms in total. The predicted molar refractivity (Wildman–Crippen MR) is 83.9 cm³/mol. The Morgan fingerprint density at radius 2 is 1.76 bits per heavy atom. The minimum Gasteiger partial charge on any atom is -0.368 e. The number of piperazine rings is 1. The number of carbonyl (C=O) groups excluding carboxylic acids is 1. The first-order valence-corrected chi connectivity index (χ1v) is 8.44. The lowest BCUT2D eigenvalue weighted by atomic mass is 9.90. The first kappa shape index (κ1) is 15.3. The fraction of sp³-hybridized carbons (Fsp3) is 0.938. The standard InChI is InChI=1S/C16H30N4O/c1-11-8-20(9-12(2)19(11)3)10-16(15(17)21,13-4-5-13)18-14-6-7-14/h11-14,18H,4-10H2,1-3H3,(H2,17,21). The summed E-state index contributed by atoms with van der Waals surface area (Å²) in [4.78, 5) is 17.2. The Morgan fingerprint density at radius 3 is 2.19 bits per heavy atom. The summed E-state index contributed by atoms with van der Waals surface area (Å²) in [7, 11) is 2.19. The van der Waals surface area contributed by atoms with E-state index in [0.29, 0.717) is 24.0 Å². The second kappa shape index (κ2) is 5.52. The zero-order valence-corrected chi connectivity index (χ0v) is 13.6. The molecule has 120 valence electrons. The molecule has 3 rings (SSSR count). The van der Waals surface area contributed by atoms with E-state index in [1.807, 2.05) is 0 Å². The Kier molecular flexibility index (Phi) is 4.01. The lowest BCUT2D eigenvalue weighted by Gasteiger charge is -2.46. The first-order valence-electron chi connectivity index (χ1n) is 8.44. The van der Waals surface area contributed by atoms with Gasteiger partial charge in [0.1, 0.15) is 5.54 Å². The van der Waals surface area contributed by atoms with Gasteiger partial charge in [0.2, 0.25) is 5.91 Å². The van der Waals surface area contributed by atoms with E-state index in [0.717, 1.165) is 32.5 Å². The molecule has 0 aromatic rings. The van der Waals surface area contributed by atoms with Crippen LogP contribution in [0.3, 0.4) is 0 Å². The summed E-state index contributed by atoms with van der Waals surface area (Å²) in [5.41, 5.74) is 5.37. The van der Waals surface area contributed by atoms with Gasteiger partial charge in [0.05, 0.1) is 0 Å². The van der Waals surface area contributed by atoms with E-state index >= 15 is 0 Å². The molecule has 21 heavy (non-hydrogen) atoms. The molecule has 1 saturated heterocycles. The molecule has 1 heterocycles. The predicted octanol–water partition coefficient (Wildman–Crippen LogP) is 0.397. The van der Waals surface area contributed by atoms with E-state index in [2.05, 4.69) is 36.0 Å². The molecule has 3 atom stereocenters. The fourth-order valence-electron chi connectivity index (χ4n) is 3.81. The highest BCUT2D eigenvalue weighted by molar-refractivity contribution is 5.86. The average Bonchev–Trinajstić information content (AvgIpc) is 3.25. The van der Waals surface area contributed by atoms with E-state index in [1.165, 1.54) is 12.8 Å². The second-order valence-electron chi connectivity index (χ2n) is 7.59. The third-order valence-electron chi connectivity index (χ3n) is 5.66. The second-order valence-corrected chi connectivity index (χ2v) is 7.59. The molecular weight excluding hydrogens is 264 g/mol. The number of amides is 1. The van der Waals surface area contributed by atoms with Gasteiger partial charge in [0.15, 0.2) is 0 Å². The first-order chi connectivity index (χ1) is 9.92. The number of nitrogens with two attached hydrogens (primary N) is 1. The molecule has 1 aliphatic heterocycles. The van der Waals surface area contributed by atoms with E-state index in [9.17, 15) is 4.79 Å². The number of rotatable bonds is 6. The monoisotopic (exact) mass is 294 g/mol. The van der Waals surface area contributed by atoms with Gasteiger partial charge in [-0.2, -0.15) is 0 Å². The van der Waals surface area contributed by atoms with Crippen molar-refractivity contribution in [3.63, 3.8) is 0 Å². The van der Waals surface area contributed by atoms with Crippen LogP contribution in [0.1, 0.15) is 39.5 Å². The van der Waals surface area contributed by atoms with Crippen molar-refractivity contribution in [3.05, 3.63) is 0 Å². The van der Waals surface area contributed by atoms with E-state index in [-0.39, 0.29) is 5.91 Å². The zero-order chi connectivity index (χ0) is 15.2. The third kappa shape index (κ3) is 3.10. The van der Waals surface area contributed by atoms with Crippen LogP contribution in [0.5, 0.6) is 0 Å². The molecule has 5 heteroatoms. The van der Waals surface area contributed by atoms with Crippen molar-refractivity contribution in [3.8, 4) is 0 Å². The Labute approximate surface area is 128 Å². The molecule has 3 unspecified atom stereocenters. The van der Waals surface area contributed by atoms with Crippen LogP contribution < -0.4 is 11.1 Å². The molecule has 3 aliphatic rings. The highest BCUT2D eigenvalue weighted by Crippen LogP contribution is 2.42. The summed E-state index contributed by atoms with van der Waals surface area (Å²) < 4.78 is 0. The summed E-state index contributed by atoms with van der Waals surface area (Å²) in [6, 6.07) is 1.57. The van der Waals surface area contributed by atoms with Crippen LogP contribution in [0.25, 0.3) is 0 Å². The van der Waals surface area contributed by atoms with Crippen LogP contribution in [0.15, 0.2) is 0 Å². The smallest absolute Gasteiger partial charge is 0.239 e. The number of nitrogens with one attached hydrogen (secondary N) is 1. The highest BCUT2D eigenvalue weighted by Gasteiger charge is 2.53. The largest absolute Gasteiger partial charge is 0.368 e. The van der Waals surface area contributed by atoms with Crippen molar-refractivity contribution < 1.29 is 4.79 Å². The van der Waals surface area contributed by atoms with Crippen LogP contribution in [-0.4, -0.2) is 66.1 Å². The van der Waals surface area contributed by atoms with Gasteiger partial charge in [-0.3, -0.25) is 19.9 Å². The summed E-state index contributed by atoms with van der Waals surface area (Å²) in [5.74, 6) is 0.303. The summed E-state index contributed by atoms with van der Waals surface area (Å²) in [5, 5.41) is 3.62. The summed E-state index contributed by atoms with van der Waals surface area (Å²) >= 11 is 0. The maximum Gasteiger partial charge on any atom is 0.239 e. The summed E-state index contributed by atoms with van der Waals surface area (Å²) in [6.07, 6.45) is 4.66. The van der Waals surface area contributed by atoms with Crippen molar-refractivity contribution in [2.75, 3.05) is 26.7 Å². The number of hydrogen-bond donors (Lipinski definition) is 2. The van der Waals surface area contributed by atoms with E-state index in [1.54, 1.807) is 0 Å². The maximum atomic E-state index is 12.3. The molecule has 0 aromatic carbocycles. The molecule has 2 saturated carbocycles. The van der Waals surface area contributed by atoms with Crippen LogP contribution in [-0.2, 0) is 4.79 Å². The lowest BCUT2D eigenvalue weighted by Crippen LogP contribution is -2.66. The van der Waals surface area contributed by atoms with Crippen LogP contribution in [0, 0.1) is 5.92 Å². The normalized spacial score (nSPS) is 34.6. The fourth-order valence-corrected chi connectivity index (χ4v) is 3.81. The van der Waals surface area contributed by atoms with Gasteiger partial charge in [0.25, 0.3) is 0 Å².